The monoisotopic (exact) mass is 297 g/mol. The number of pyridine rings is 1. The molecule has 0 N–H and O–H groups in total. The molecule has 0 saturated carbocycles. The van der Waals surface area contributed by atoms with E-state index in [0.717, 1.165) is 6.20 Å². The predicted octanol–water partition coefficient (Wildman–Crippen LogP) is 2.74. The Labute approximate surface area is 87.5 Å². The molecule has 1 aromatic heterocycles. The van der Waals surface area contributed by atoms with Gasteiger partial charge in [-0.15, -0.1) is 0 Å². The summed E-state index contributed by atoms with van der Waals surface area (Å²) in [6, 6.07) is 0. The van der Waals surface area contributed by atoms with Gasteiger partial charge in [0, 0.05) is 15.3 Å². The molecule has 70 valence electrons. The molecule has 5 heteroatoms. The van der Waals surface area contributed by atoms with Gasteiger partial charge in [-0.05, 0) is 35.1 Å². The standard InChI is InChI=1S/C8H6F2INO/c1-4-5(8(9)10)2-12-6(3-13)7(4)11/h2-3,8H,1H3. The minimum absolute atomic E-state index is 0.116. The van der Waals surface area contributed by atoms with Gasteiger partial charge in [-0.1, -0.05) is 0 Å². The van der Waals surface area contributed by atoms with E-state index in [0.29, 0.717) is 15.4 Å². The van der Waals surface area contributed by atoms with E-state index in [9.17, 15) is 13.6 Å². The van der Waals surface area contributed by atoms with Crippen LogP contribution >= 0.6 is 22.6 Å². The van der Waals surface area contributed by atoms with E-state index >= 15 is 0 Å². The number of hydrogen-bond donors (Lipinski definition) is 0. The summed E-state index contributed by atoms with van der Waals surface area (Å²) >= 11 is 1.84. The quantitative estimate of drug-likeness (QED) is 0.620. The number of rotatable bonds is 2. The van der Waals surface area contributed by atoms with Crippen molar-refractivity contribution >= 4 is 28.9 Å². The highest BCUT2D eigenvalue weighted by molar-refractivity contribution is 14.1. The SMILES string of the molecule is Cc1c(C(F)F)cnc(C=O)c1I. The summed E-state index contributed by atoms with van der Waals surface area (Å²) in [7, 11) is 0. The van der Waals surface area contributed by atoms with Crippen molar-refractivity contribution in [3.8, 4) is 0 Å². The van der Waals surface area contributed by atoms with E-state index in [2.05, 4.69) is 4.98 Å². The van der Waals surface area contributed by atoms with Gasteiger partial charge < -0.3 is 0 Å². The van der Waals surface area contributed by atoms with E-state index in [-0.39, 0.29) is 11.3 Å². The van der Waals surface area contributed by atoms with Crippen LogP contribution in [0.3, 0.4) is 0 Å². The lowest BCUT2D eigenvalue weighted by Gasteiger charge is -2.06. The number of carbonyl (C=O) groups excluding carboxylic acids is 1. The molecule has 0 saturated heterocycles. The molecule has 0 radical (unpaired) electrons. The van der Waals surface area contributed by atoms with Crippen molar-refractivity contribution < 1.29 is 13.6 Å². The second-order valence-electron chi connectivity index (χ2n) is 2.46. The highest BCUT2D eigenvalue weighted by atomic mass is 127. The molecule has 0 aliphatic rings. The van der Waals surface area contributed by atoms with Crippen molar-refractivity contribution in [1.82, 2.24) is 4.98 Å². The Morgan fingerprint density at radius 2 is 2.23 bits per heavy atom. The van der Waals surface area contributed by atoms with E-state index in [1.807, 2.05) is 22.6 Å². The summed E-state index contributed by atoms with van der Waals surface area (Å²) in [5.41, 5.74) is 0.519. The van der Waals surface area contributed by atoms with Crippen molar-refractivity contribution in [2.24, 2.45) is 0 Å². The topological polar surface area (TPSA) is 30.0 Å². The van der Waals surface area contributed by atoms with Crippen molar-refractivity contribution in [3.63, 3.8) is 0 Å². The summed E-state index contributed by atoms with van der Waals surface area (Å²) < 4.78 is 25.1. The molecule has 13 heavy (non-hydrogen) atoms. The van der Waals surface area contributed by atoms with Crippen LogP contribution in [0.15, 0.2) is 6.20 Å². The Balaban J connectivity index is 3.31. The first-order valence-electron chi connectivity index (χ1n) is 3.46. The zero-order valence-corrected chi connectivity index (χ0v) is 8.88. The van der Waals surface area contributed by atoms with Crippen molar-refractivity contribution in [3.05, 3.63) is 26.6 Å². The summed E-state index contributed by atoms with van der Waals surface area (Å²) in [6.45, 7) is 1.55. The Bertz CT molecular complexity index is 341. The fourth-order valence-corrected chi connectivity index (χ4v) is 1.49. The average Bonchev–Trinajstić information content (AvgIpc) is 2.09. The third-order valence-electron chi connectivity index (χ3n) is 1.68. The van der Waals surface area contributed by atoms with Gasteiger partial charge in [0.2, 0.25) is 0 Å². The zero-order valence-electron chi connectivity index (χ0n) is 6.72. The lowest BCUT2D eigenvalue weighted by Crippen LogP contribution is -2.00. The van der Waals surface area contributed by atoms with Crippen LogP contribution < -0.4 is 0 Å². The number of aromatic nitrogens is 1. The molecular weight excluding hydrogens is 291 g/mol. The summed E-state index contributed by atoms with van der Waals surface area (Å²) in [5, 5.41) is 0. The Morgan fingerprint density at radius 3 is 2.69 bits per heavy atom. The van der Waals surface area contributed by atoms with Crippen LogP contribution in [0, 0.1) is 10.5 Å². The summed E-state index contributed by atoms with van der Waals surface area (Å²) in [6.07, 6.45) is -0.933. The van der Waals surface area contributed by atoms with Crippen LogP contribution in [-0.4, -0.2) is 11.3 Å². The first-order valence-corrected chi connectivity index (χ1v) is 4.54. The highest BCUT2D eigenvalue weighted by Crippen LogP contribution is 2.25. The molecule has 0 unspecified atom stereocenters. The molecule has 0 aliphatic carbocycles. The van der Waals surface area contributed by atoms with E-state index < -0.39 is 6.43 Å². The number of nitrogens with zero attached hydrogens (tertiary/aromatic N) is 1. The number of halogens is 3. The van der Waals surface area contributed by atoms with Gasteiger partial charge in [0.15, 0.2) is 6.29 Å². The van der Waals surface area contributed by atoms with Crippen molar-refractivity contribution in [2.75, 3.05) is 0 Å². The van der Waals surface area contributed by atoms with Gasteiger partial charge in [-0.2, -0.15) is 0 Å². The first kappa shape index (κ1) is 10.5. The van der Waals surface area contributed by atoms with Crippen LogP contribution in [0.4, 0.5) is 8.78 Å². The molecule has 0 atom stereocenters. The zero-order chi connectivity index (χ0) is 10.0. The molecule has 0 fully saturated rings. The Hall–Kier alpha value is -0.590. The second-order valence-corrected chi connectivity index (χ2v) is 3.54. The first-order chi connectivity index (χ1) is 6.07. The van der Waals surface area contributed by atoms with Gasteiger partial charge >= 0.3 is 0 Å². The normalized spacial score (nSPS) is 10.5. The predicted molar refractivity (Wildman–Crippen MR) is 52.0 cm³/mol. The Kier molecular flexibility index (Phi) is 3.29. The largest absolute Gasteiger partial charge is 0.296 e. The molecule has 0 aromatic carbocycles. The van der Waals surface area contributed by atoms with E-state index in [1.165, 1.54) is 0 Å². The van der Waals surface area contributed by atoms with Gasteiger partial charge in [0.25, 0.3) is 6.43 Å². The van der Waals surface area contributed by atoms with Crippen LogP contribution in [-0.2, 0) is 0 Å². The molecular formula is C8H6F2INO. The van der Waals surface area contributed by atoms with Crippen molar-refractivity contribution in [1.29, 1.82) is 0 Å². The van der Waals surface area contributed by atoms with Crippen molar-refractivity contribution in [2.45, 2.75) is 13.3 Å². The average molecular weight is 297 g/mol. The summed E-state index contributed by atoms with van der Waals surface area (Å²) in [4.78, 5) is 14.0. The fraction of sp³-hybridized carbons (Fsp3) is 0.250. The molecule has 0 bridgehead atoms. The second kappa shape index (κ2) is 4.08. The smallest absolute Gasteiger partial charge is 0.265 e. The number of aldehydes is 1. The maximum absolute atomic E-state index is 12.3. The molecule has 1 rings (SSSR count). The van der Waals surface area contributed by atoms with Crippen LogP contribution in [0.5, 0.6) is 0 Å². The molecule has 0 spiro atoms. The maximum atomic E-state index is 12.3. The van der Waals surface area contributed by atoms with Gasteiger partial charge in [-0.3, -0.25) is 9.78 Å². The third-order valence-corrected chi connectivity index (χ3v) is 3.04. The molecule has 2 nitrogen and oxygen atoms in total. The number of hydrogen-bond acceptors (Lipinski definition) is 2. The lowest BCUT2D eigenvalue weighted by atomic mass is 10.1. The molecule has 1 heterocycles. The van der Waals surface area contributed by atoms with Gasteiger partial charge in [0.1, 0.15) is 5.69 Å². The molecule has 0 amide bonds. The van der Waals surface area contributed by atoms with E-state index in [1.54, 1.807) is 6.92 Å². The minimum Gasteiger partial charge on any atom is -0.296 e. The minimum atomic E-state index is -2.54. The molecule has 1 aromatic rings. The van der Waals surface area contributed by atoms with Gasteiger partial charge in [0.05, 0.1) is 0 Å². The third kappa shape index (κ3) is 2.01. The summed E-state index contributed by atoms with van der Waals surface area (Å²) in [5.74, 6) is 0. The highest BCUT2D eigenvalue weighted by Gasteiger charge is 2.15. The number of carbonyl (C=O) groups is 1. The fourth-order valence-electron chi connectivity index (χ4n) is 0.914. The Morgan fingerprint density at radius 1 is 1.62 bits per heavy atom. The van der Waals surface area contributed by atoms with Crippen LogP contribution in [0.25, 0.3) is 0 Å². The number of alkyl halides is 2. The van der Waals surface area contributed by atoms with Crippen LogP contribution in [0.2, 0.25) is 0 Å². The van der Waals surface area contributed by atoms with Crippen LogP contribution in [0.1, 0.15) is 28.0 Å². The van der Waals surface area contributed by atoms with Gasteiger partial charge in [-0.25, -0.2) is 8.78 Å². The lowest BCUT2D eigenvalue weighted by molar-refractivity contribution is 0.111. The molecule has 0 aliphatic heterocycles. The maximum Gasteiger partial charge on any atom is 0.265 e. The van der Waals surface area contributed by atoms with E-state index in [4.69, 9.17) is 0 Å².